The highest BCUT2D eigenvalue weighted by atomic mass is 16.4. The van der Waals surface area contributed by atoms with Gasteiger partial charge in [0.05, 0.1) is 0 Å². The summed E-state index contributed by atoms with van der Waals surface area (Å²) in [6.07, 6.45) is 8.71. The maximum absolute atomic E-state index is 11.9. The van der Waals surface area contributed by atoms with Crippen LogP contribution >= 0.6 is 0 Å². The minimum Gasteiger partial charge on any atom is -0.480 e. The van der Waals surface area contributed by atoms with Crippen molar-refractivity contribution >= 4 is 12.0 Å². The largest absolute Gasteiger partial charge is 0.480 e. The molecule has 19 heavy (non-hydrogen) atoms. The Balaban J connectivity index is 1.82. The molecule has 0 atom stereocenters. The van der Waals surface area contributed by atoms with Gasteiger partial charge in [-0.15, -0.1) is 0 Å². The van der Waals surface area contributed by atoms with Crippen LogP contribution in [-0.2, 0) is 4.79 Å². The van der Waals surface area contributed by atoms with Crippen LogP contribution in [0, 0.1) is 5.92 Å². The molecule has 0 spiro atoms. The Hall–Kier alpha value is -1.26. The molecule has 0 heterocycles. The molecule has 0 aromatic carbocycles. The van der Waals surface area contributed by atoms with Gasteiger partial charge in [-0.3, -0.25) is 0 Å². The summed E-state index contributed by atoms with van der Waals surface area (Å²) in [6, 6.07) is -0.323. The molecule has 5 nitrogen and oxygen atoms in total. The van der Waals surface area contributed by atoms with Crippen molar-refractivity contribution in [1.29, 1.82) is 0 Å². The maximum Gasteiger partial charge on any atom is 0.329 e. The van der Waals surface area contributed by atoms with Crippen LogP contribution in [0.3, 0.4) is 0 Å². The number of nitrogens with one attached hydrogen (secondary N) is 2. The van der Waals surface area contributed by atoms with Gasteiger partial charge in [0.25, 0.3) is 0 Å². The van der Waals surface area contributed by atoms with E-state index in [4.69, 9.17) is 0 Å². The molecule has 0 aromatic heterocycles. The zero-order valence-corrected chi connectivity index (χ0v) is 11.4. The zero-order valence-electron chi connectivity index (χ0n) is 11.4. The van der Waals surface area contributed by atoms with Crippen molar-refractivity contribution in [2.45, 2.75) is 63.3 Å². The third-order valence-corrected chi connectivity index (χ3v) is 4.50. The van der Waals surface area contributed by atoms with Gasteiger partial charge in [0.15, 0.2) is 0 Å². The average Bonchev–Trinajstić information content (AvgIpc) is 2.90. The molecule has 0 aliphatic heterocycles. The summed E-state index contributed by atoms with van der Waals surface area (Å²) in [5.74, 6) is -0.332. The fourth-order valence-corrected chi connectivity index (χ4v) is 3.26. The molecule has 0 unspecified atom stereocenters. The van der Waals surface area contributed by atoms with Gasteiger partial charge in [-0.2, -0.15) is 0 Å². The first kappa shape index (κ1) is 14.2. The van der Waals surface area contributed by atoms with Crippen LogP contribution in [0.1, 0.15) is 57.8 Å². The molecule has 0 bridgehead atoms. The summed E-state index contributed by atoms with van der Waals surface area (Å²) >= 11 is 0. The number of hydrogen-bond donors (Lipinski definition) is 3. The lowest BCUT2D eigenvalue weighted by atomic mass is 9.82. The van der Waals surface area contributed by atoms with E-state index in [1.807, 2.05) is 0 Å². The number of amides is 2. The van der Waals surface area contributed by atoms with E-state index in [0.29, 0.717) is 25.3 Å². The van der Waals surface area contributed by atoms with Gasteiger partial charge in [-0.25, -0.2) is 9.59 Å². The lowest BCUT2D eigenvalue weighted by molar-refractivity contribution is -0.145. The molecule has 0 aromatic rings. The average molecular weight is 268 g/mol. The predicted molar refractivity (Wildman–Crippen MR) is 71.9 cm³/mol. The normalized spacial score (nSPS) is 22.9. The molecular weight excluding hydrogens is 244 g/mol. The second-order valence-corrected chi connectivity index (χ2v) is 5.93. The number of carbonyl (C=O) groups is 2. The Morgan fingerprint density at radius 2 is 1.68 bits per heavy atom. The van der Waals surface area contributed by atoms with Crippen LogP contribution in [0.5, 0.6) is 0 Å². The Morgan fingerprint density at radius 3 is 2.26 bits per heavy atom. The van der Waals surface area contributed by atoms with Crippen LogP contribution in [-0.4, -0.2) is 29.2 Å². The maximum atomic E-state index is 11.9. The summed E-state index contributed by atoms with van der Waals surface area (Å²) < 4.78 is 0. The minimum atomic E-state index is -1.04. The van der Waals surface area contributed by atoms with Crippen molar-refractivity contribution in [3.63, 3.8) is 0 Å². The number of rotatable bonds is 4. The Kier molecular flexibility index (Phi) is 4.66. The molecule has 2 amide bonds. The molecule has 5 heteroatoms. The van der Waals surface area contributed by atoms with E-state index < -0.39 is 11.5 Å². The van der Waals surface area contributed by atoms with Crippen LogP contribution in [0.15, 0.2) is 0 Å². The fourth-order valence-electron chi connectivity index (χ4n) is 3.26. The van der Waals surface area contributed by atoms with Crippen molar-refractivity contribution < 1.29 is 14.7 Å². The zero-order chi connectivity index (χ0) is 13.7. The molecule has 2 saturated carbocycles. The lowest BCUT2D eigenvalue weighted by Gasteiger charge is -2.34. The first-order chi connectivity index (χ1) is 9.12. The van der Waals surface area contributed by atoms with Crippen LogP contribution in [0.4, 0.5) is 4.79 Å². The van der Waals surface area contributed by atoms with Crippen molar-refractivity contribution in [3.05, 3.63) is 0 Å². The molecule has 0 saturated heterocycles. The van der Waals surface area contributed by atoms with Crippen molar-refractivity contribution in [2.24, 2.45) is 5.92 Å². The van der Waals surface area contributed by atoms with E-state index in [0.717, 1.165) is 19.3 Å². The Morgan fingerprint density at radius 1 is 1.05 bits per heavy atom. The summed E-state index contributed by atoms with van der Waals surface area (Å²) in [5.41, 5.74) is -1.04. The number of carbonyl (C=O) groups excluding carboxylic acids is 1. The molecule has 2 rings (SSSR count). The topological polar surface area (TPSA) is 78.4 Å². The predicted octanol–water partition coefficient (Wildman–Crippen LogP) is 2.26. The Labute approximate surface area is 114 Å². The second-order valence-electron chi connectivity index (χ2n) is 5.93. The van der Waals surface area contributed by atoms with E-state index in [-0.39, 0.29) is 6.03 Å². The highest BCUT2D eigenvalue weighted by Crippen LogP contribution is 2.28. The molecule has 108 valence electrons. The second kappa shape index (κ2) is 6.26. The minimum absolute atomic E-state index is 0.323. The number of urea groups is 1. The van der Waals surface area contributed by atoms with Crippen LogP contribution < -0.4 is 10.6 Å². The van der Waals surface area contributed by atoms with E-state index in [1.165, 1.54) is 25.7 Å². The molecule has 2 fully saturated rings. The summed E-state index contributed by atoms with van der Waals surface area (Å²) in [5, 5.41) is 14.9. The van der Waals surface area contributed by atoms with E-state index >= 15 is 0 Å². The highest BCUT2D eigenvalue weighted by Gasteiger charge is 2.40. The number of carboxylic acid groups (broad SMARTS) is 1. The third-order valence-electron chi connectivity index (χ3n) is 4.50. The number of carboxylic acids is 1. The smallest absolute Gasteiger partial charge is 0.329 e. The van der Waals surface area contributed by atoms with Crippen molar-refractivity contribution in [1.82, 2.24) is 10.6 Å². The first-order valence-electron chi connectivity index (χ1n) is 7.42. The molecule has 0 radical (unpaired) electrons. The first-order valence-corrected chi connectivity index (χ1v) is 7.42. The van der Waals surface area contributed by atoms with Gasteiger partial charge in [0.1, 0.15) is 5.54 Å². The van der Waals surface area contributed by atoms with E-state index in [2.05, 4.69) is 10.6 Å². The highest BCUT2D eigenvalue weighted by molar-refractivity contribution is 5.86. The molecule has 3 N–H and O–H groups in total. The number of aliphatic carboxylic acids is 1. The van der Waals surface area contributed by atoms with Gasteiger partial charge < -0.3 is 15.7 Å². The van der Waals surface area contributed by atoms with Gasteiger partial charge in [0.2, 0.25) is 0 Å². The van der Waals surface area contributed by atoms with Gasteiger partial charge >= 0.3 is 12.0 Å². The summed E-state index contributed by atoms with van der Waals surface area (Å²) in [7, 11) is 0. The monoisotopic (exact) mass is 268 g/mol. The van der Waals surface area contributed by atoms with E-state index in [1.54, 1.807) is 0 Å². The molecular formula is C14H24N2O3. The molecule has 2 aliphatic rings. The van der Waals surface area contributed by atoms with E-state index in [9.17, 15) is 14.7 Å². The van der Waals surface area contributed by atoms with Gasteiger partial charge in [-0.05, 0) is 31.6 Å². The van der Waals surface area contributed by atoms with Crippen molar-refractivity contribution in [3.8, 4) is 0 Å². The molecule has 2 aliphatic carbocycles. The van der Waals surface area contributed by atoms with Crippen LogP contribution in [0.2, 0.25) is 0 Å². The fraction of sp³-hybridized carbons (Fsp3) is 0.857. The summed E-state index contributed by atoms with van der Waals surface area (Å²) in [6.45, 7) is 0.668. The van der Waals surface area contributed by atoms with Crippen molar-refractivity contribution in [2.75, 3.05) is 6.54 Å². The standard InChI is InChI=1S/C14H24N2O3/c17-12(18)14(8-4-1-5-9-14)16-13(19)15-10-11-6-2-3-7-11/h11H,1-10H2,(H,17,18)(H2,15,16,19). The lowest BCUT2D eigenvalue weighted by Crippen LogP contribution is -2.58. The third kappa shape index (κ3) is 3.61. The van der Waals surface area contributed by atoms with Gasteiger partial charge in [-0.1, -0.05) is 32.1 Å². The Bertz CT molecular complexity index is 332. The van der Waals surface area contributed by atoms with Gasteiger partial charge in [0, 0.05) is 6.54 Å². The summed E-state index contributed by atoms with van der Waals surface area (Å²) in [4.78, 5) is 23.3. The number of hydrogen-bond acceptors (Lipinski definition) is 2. The quantitative estimate of drug-likeness (QED) is 0.731. The SMILES string of the molecule is O=C(NCC1CCCC1)NC1(C(=O)O)CCCCC1. The van der Waals surface area contributed by atoms with Crippen LogP contribution in [0.25, 0.3) is 0 Å².